The van der Waals surface area contributed by atoms with Crippen molar-refractivity contribution in [2.24, 2.45) is 0 Å². The van der Waals surface area contributed by atoms with Crippen LogP contribution < -0.4 is 5.32 Å². The summed E-state index contributed by atoms with van der Waals surface area (Å²) < 4.78 is 0. The molecule has 4 rings (SSSR count). The molecule has 4 nitrogen and oxygen atoms in total. The molecule has 6 heteroatoms. The highest BCUT2D eigenvalue weighted by Gasteiger charge is 2.33. The lowest BCUT2D eigenvalue weighted by Gasteiger charge is -2.29. The highest BCUT2D eigenvalue weighted by Crippen LogP contribution is 2.36. The number of hydrogen-bond donors (Lipinski definition) is 3. The SMILES string of the molecule is O=C(O)C1Cc2c([nH]c3ccccc23)C(c2ccc(Cl)c(Cl)c2)N1. The molecule has 0 aliphatic carbocycles. The largest absolute Gasteiger partial charge is 0.480 e. The third-order valence-electron chi connectivity index (χ3n) is 4.49. The molecule has 1 aliphatic heterocycles. The average Bonchev–Trinajstić information content (AvgIpc) is 2.95. The maximum atomic E-state index is 11.6. The molecular formula is C18H14Cl2N2O2. The Morgan fingerprint density at radius 3 is 2.67 bits per heavy atom. The first-order valence-electron chi connectivity index (χ1n) is 7.58. The first-order chi connectivity index (χ1) is 11.5. The standard InChI is InChI=1S/C18H14Cl2N2O2/c19-12-6-5-9(7-13(12)20)16-17-11(8-15(22-16)18(23)24)10-3-1-2-4-14(10)21-17/h1-7,15-16,21-22H,8H2,(H,23,24). The second kappa shape index (κ2) is 5.81. The first kappa shape index (κ1) is 15.5. The summed E-state index contributed by atoms with van der Waals surface area (Å²) >= 11 is 12.2. The normalized spacial score (nSPS) is 20.1. The van der Waals surface area contributed by atoms with E-state index in [1.165, 1.54) is 0 Å². The molecule has 0 bridgehead atoms. The fourth-order valence-corrected chi connectivity index (χ4v) is 3.65. The number of carboxylic acids is 1. The number of rotatable bonds is 2. The Labute approximate surface area is 148 Å². The van der Waals surface area contributed by atoms with E-state index in [2.05, 4.69) is 10.3 Å². The average molecular weight is 361 g/mol. The zero-order chi connectivity index (χ0) is 16.8. The summed E-state index contributed by atoms with van der Waals surface area (Å²) in [6.07, 6.45) is 0.437. The quantitative estimate of drug-likeness (QED) is 0.642. The lowest BCUT2D eigenvalue weighted by atomic mass is 9.90. The van der Waals surface area contributed by atoms with Gasteiger partial charge in [-0.05, 0) is 29.3 Å². The van der Waals surface area contributed by atoms with Gasteiger partial charge in [0.2, 0.25) is 0 Å². The van der Waals surface area contributed by atoms with Crippen molar-refractivity contribution in [1.29, 1.82) is 0 Å². The minimum Gasteiger partial charge on any atom is -0.480 e. The van der Waals surface area contributed by atoms with Crippen LogP contribution in [0.15, 0.2) is 42.5 Å². The summed E-state index contributed by atoms with van der Waals surface area (Å²) in [5.41, 5.74) is 3.89. The van der Waals surface area contributed by atoms with Gasteiger partial charge in [0.05, 0.1) is 16.1 Å². The van der Waals surface area contributed by atoms with Crippen molar-refractivity contribution in [2.75, 3.05) is 0 Å². The summed E-state index contributed by atoms with van der Waals surface area (Å²) in [7, 11) is 0. The van der Waals surface area contributed by atoms with E-state index in [-0.39, 0.29) is 6.04 Å². The Bertz CT molecular complexity index is 951. The fourth-order valence-electron chi connectivity index (χ4n) is 3.35. The number of aromatic amines is 1. The topological polar surface area (TPSA) is 65.1 Å². The van der Waals surface area contributed by atoms with Crippen LogP contribution in [-0.2, 0) is 11.2 Å². The van der Waals surface area contributed by atoms with Gasteiger partial charge in [0.25, 0.3) is 0 Å². The minimum atomic E-state index is -0.865. The lowest BCUT2D eigenvalue weighted by molar-refractivity contribution is -0.139. The molecule has 1 aliphatic rings. The summed E-state index contributed by atoms with van der Waals surface area (Å²) in [5.74, 6) is -0.865. The summed E-state index contributed by atoms with van der Waals surface area (Å²) in [6.45, 7) is 0. The molecular weight excluding hydrogens is 347 g/mol. The van der Waals surface area contributed by atoms with E-state index < -0.39 is 12.0 Å². The monoisotopic (exact) mass is 360 g/mol. The van der Waals surface area contributed by atoms with Crippen LogP contribution in [-0.4, -0.2) is 22.1 Å². The molecule has 3 N–H and O–H groups in total. The zero-order valence-electron chi connectivity index (χ0n) is 12.5. The number of nitrogens with one attached hydrogen (secondary N) is 2. The second-order valence-corrected chi connectivity index (χ2v) is 6.75. The van der Waals surface area contributed by atoms with E-state index in [4.69, 9.17) is 23.2 Å². The number of aliphatic carboxylic acids is 1. The third kappa shape index (κ3) is 2.47. The molecule has 0 saturated heterocycles. The molecule has 2 atom stereocenters. The molecule has 2 unspecified atom stereocenters. The first-order valence-corrected chi connectivity index (χ1v) is 8.33. The van der Waals surface area contributed by atoms with E-state index in [1.54, 1.807) is 12.1 Å². The number of aromatic nitrogens is 1. The van der Waals surface area contributed by atoms with Crippen LogP contribution in [0.4, 0.5) is 0 Å². The van der Waals surface area contributed by atoms with Gasteiger partial charge in [-0.2, -0.15) is 0 Å². The van der Waals surface area contributed by atoms with Crippen LogP contribution in [0.5, 0.6) is 0 Å². The van der Waals surface area contributed by atoms with Gasteiger partial charge < -0.3 is 10.1 Å². The molecule has 2 aromatic carbocycles. The second-order valence-electron chi connectivity index (χ2n) is 5.93. The Kier molecular flexibility index (Phi) is 3.76. The van der Waals surface area contributed by atoms with Gasteiger partial charge in [-0.15, -0.1) is 0 Å². The van der Waals surface area contributed by atoms with Crippen molar-refractivity contribution in [1.82, 2.24) is 10.3 Å². The smallest absolute Gasteiger partial charge is 0.321 e. The van der Waals surface area contributed by atoms with Crippen molar-refractivity contribution in [2.45, 2.75) is 18.5 Å². The van der Waals surface area contributed by atoms with Gasteiger partial charge in [-0.3, -0.25) is 10.1 Å². The van der Waals surface area contributed by atoms with Crippen LogP contribution in [0, 0.1) is 0 Å². The van der Waals surface area contributed by atoms with Gasteiger partial charge in [0.15, 0.2) is 0 Å². The number of para-hydroxylation sites is 1. The highest BCUT2D eigenvalue weighted by molar-refractivity contribution is 6.42. The van der Waals surface area contributed by atoms with Crippen molar-refractivity contribution in [3.63, 3.8) is 0 Å². The molecule has 3 aromatic rings. The van der Waals surface area contributed by atoms with E-state index in [1.807, 2.05) is 30.3 Å². The van der Waals surface area contributed by atoms with Crippen LogP contribution in [0.2, 0.25) is 10.0 Å². The molecule has 0 spiro atoms. The molecule has 0 fully saturated rings. The number of benzene rings is 2. The Balaban J connectivity index is 1.90. The molecule has 1 aromatic heterocycles. The molecule has 2 heterocycles. The van der Waals surface area contributed by atoms with Gasteiger partial charge in [-0.25, -0.2) is 0 Å². The van der Waals surface area contributed by atoms with Crippen molar-refractivity contribution < 1.29 is 9.90 Å². The van der Waals surface area contributed by atoms with Crippen LogP contribution in [0.1, 0.15) is 22.9 Å². The molecule has 0 saturated carbocycles. The van der Waals surface area contributed by atoms with Crippen LogP contribution >= 0.6 is 23.2 Å². The van der Waals surface area contributed by atoms with Crippen LogP contribution in [0.25, 0.3) is 10.9 Å². The summed E-state index contributed by atoms with van der Waals surface area (Å²) in [4.78, 5) is 15.0. The third-order valence-corrected chi connectivity index (χ3v) is 5.23. The molecule has 0 amide bonds. The number of carboxylic acid groups (broad SMARTS) is 1. The minimum absolute atomic E-state index is 0.281. The number of fused-ring (bicyclic) bond motifs is 3. The van der Waals surface area contributed by atoms with Crippen LogP contribution in [0.3, 0.4) is 0 Å². The van der Waals surface area contributed by atoms with Gasteiger partial charge >= 0.3 is 5.97 Å². The number of carbonyl (C=O) groups is 1. The molecule has 24 heavy (non-hydrogen) atoms. The van der Waals surface area contributed by atoms with Crippen molar-refractivity contribution in [3.8, 4) is 0 Å². The van der Waals surface area contributed by atoms with E-state index >= 15 is 0 Å². The maximum Gasteiger partial charge on any atom is 0.321 e. The van der Waals surface area contributed by atoms with E-state index in [0.717, 1.165) is 27.7 Å². The molecule has 122 valence electrons. The number of hydrogen-bond acceptors (Lipinski definition) is 2. The number of H-pyrrole nitrogens is 1. The Morgan fingerprint density at radius 2 is 1.92 bits per heavy atom. The zero-order valence-corrected chi connectivity index (χ0v) is 14.0. The predicted molar refractivity (Wildman–Crippen MR) is 94.9 cm³/mol. The van der Waals surface area contributed by atoms with Gasteiger partial charge in [-0.1, -0.05) is 47.5 Å². The lowest BCUT2D eigenvalue weighted by Crippen LogP contribution is -2.44. The van der Waals surface area contributed by atoms with Gasteiger partial charge in [0.1, 0.15) is 6.04 Å². The van der Waals surface area contributed by atoms with Crippen molar-refractivity contribution >= 4 is 40.1 Å². The fraction of sp³-hybridized carbons (Fsp3) is 0.167. The summed E-state index contributed by atoms with van der Waals surface area (Å²) in [5, 5.41) is 14.7. The van der Waals surface area contributed by atoms with Crippen molar-refractivity contribution in [3.05, 3.63) is 69.3 Å². The summed E-state index contributed by atoms with van der Waals surface area (Å²) in [6, 6.07) is 12.4. The Morgan fingerprint density at radius 1 is 1.12 bits per heavy atom. The number of halogens is 2. The maximum absolute atomic E-state index is 11.6. The Hall–Kier alpha value is -2.01. The molecule has 0 radical (unpaired) electrons. The van der Waals surface area contributed by atoms with Gasteiger partial charge in [0, 0.05) is 23.0 Å². The predicted octanol–water partition coefficient (Wildman–Crippen LogP) is 4.16. The van der Waals surface area contributed by atoms with E-state index in [9.17, 15) is 9.90 Å². The van der Waals surface area contributed by atoms with E-state index in [0.29, 0.717) is 16.5 Å². The highest BCUT2D eigenvalue weighted by atomic mass is 35.5.